The Morgan fingerprint density at radius 3 is 1.02 bits per heavy atom. The summed E-state index contributed by atoms with van der Waals surface area (Å²) in [5.74, 6) is -9.63. The molecule has 7 heterocycles. The van der Waals surface area contributed by atoms with Gasteiger partial charge in [0.2, 0.25) is 28.5 Å². The molecule has 8 atom stereocenters. The zero-order valence-corrected chi connectivity index (χ0v) is 72.3. The minimum absolute atomic E-state index is 0.0163. The van der Waals surface area contributed by atoms with Crippen molar-refractivity contribution in [3.63, 3.8) is 0 Å². The summed E-state index contributed by atoms with van der Waals surface area (Å²) in [6.45, 7) is -0.349. The van der Waals surface area contributed by atoms with E-state index >= 15 is 0 Å². The third-order valence-corrected chi connectivity index (χ3v) is 22.1. The van der Waals surface area contributed by atoms with E-state index in [-0.39, 0.29) is 205 Å². The van der Waals surface area contributed by atoms with Crippen LogP contribution in [0.3, 0.4) is 0 Å². The van der Waals surface area contributed by atoms with Crippen molar-refractivity contribution < 1.29 is 194 Å². The third kappa shape index (κ3) is 19.6. The summed E-state index contributed by atoms with van der Waals surface area (Å²) >= 11 is 0. The lowest BCUT2D eigenvalue weighted by atomic mass is 9.92. The molecule has 16 aromatic rings. The second-order valence-electron chi connectivity index (χ2n) is 31.6. The Kier molecular flexibility index (Phi) is 26.7. The number of hydrogen-bond donors (Lipinski definition) is 27. The Labute approximate surface area is 791 Å². The van der Waals surface area contributed by atoms with Crippen molar-refractivity contribution in [3.05, 3.63) is 288 Å². The van der Waals surface area contributed by atoms with Crippen molar-refractivity contribution in [2.75, 3.05) is 13.7 Å². The number of ether oxygens (including phenoxy) is 6. The van der Waals surface area contributed by atoms with Gasteiger partial charge in [-0.3, -0.25) is 28.8 Å². The topological polar surface area (TPSA) is 743 Å². The molecule has 0 amide bonds. The van der Waals surface area contributed by atoms with Gasteiger partial charge in [-0.25, -0.2) is 0 Å². The molecule has 0 fully saturated rings. The van der Waals surface area contributed by atoms with Crippen LogP contribution >= 0.6 is 0 Å². The first kappa shape index (κ1) is 97.1. The molecule has 0 saturated carbocycles. The molecule has 142 heavy (non-hydrogen) atoms. The molecule has 0 bridgehead atoms. The van der Waals surface area contributed by atoms with Gasteiger partial charge >= 0.3 is 0 Å². The third-order valence-electron chi connectivity index (χ3n) is 22.1. The Balaban J connectivity index is 0.000000130. The van der Waals surface area contributed by atoms with Crippen molar-refractivity contribution in [2.24, 2.45) is 0 Å². The second-order valence-corrected chi connectivity index (χ2v) is 31.6. The van der Waals surface area contributed by atoms with E-state index in [1.54, 1.807) is 42.5 Å². The SMILES string of the molecule is COc1cc([C@H]2Oc3cc(C4Oc5cc(O)cc(O)c5C(=O)[C@@H]4O)ccc3O[C@@H]2CO)ccc1O.O=C1c2c(O)cc(O)cc2OC(c2ccc(O)c(O)c2)[C@H]1O.O=C1c2c(O)cc(O)cc2O[C@@H](c2ccc(O)c(O)c2)[C@@H]1O.O=c1c(O)c(-c2ccc(O)c(O)c2)oc2cc(O)cc(O)c12.O=c1cc(-c2ccc(O)c(O)c2)oc2cc(O)cc(O)c12.O=c1cc(-c2ccc(O)cc2)oc2cc(O)cc(O)c12. The smallest absolute Gasteiger partial charge is 0.238 e. The highest BCUT2D eigenvalue weighted by molar-refractivity contribution is 6.07. The summed E-state index contributed by atoms with van der Waals surface area (Å²) in [5.41, 5.74) is 0.115. The Morgan fingerprint density at radius 1 is 0.268 bits per heavy atom. The average molecular weight is 1950 g/mol. The maximum atomic E-state index is 12.7. The molecule has 0 aliphatic carbocycles. The highest BCUT2D eigenvalue weighted by Gasteiger charge is 2.44. The number of fused-ring (bicyclic) bond motifs is 7. The summed E-state index contributed by atoms with van der Waals surface area (Å²) in [5, 5.41) is 260. The zero-order chi connectivity index (χ0) is 102. The first-order valence-electron chi connectivity index (χ1n) is 41.3. The van der Waals surface area contributed by atoms with Crippen LogP contribution < -0.4 is 44.7 Å². The summed E-state index contributed by atoms with van der Waals surface area (Å²) < 4.78 is 50.3. The number of carbonyl (C=O) groups is 3. The van der Waals surface area contributed by atoms with Crippen molar-refractivity contribution in [3.8, 4) is 201 Å². The van der Waals surface area contributed by atoms with Gasteiger partial charge in [0.1, 0.15) is 153 Å². The molecule has 42 heteroatoms. The van der Waals surface area contributed by atoms with Gasteiger partial charge in [-0.05, 0) is 126 Å². The van der Waals surface area contributed by atoms with Gasteiger partial charge in [-0.1, -0.05) is 24.3 Å². The van der Waals surface area contributed by atoms with Crippen LogP contribution in [0.15, 0.2) is 246 Å². The molecule has 4 aliphatic rings. The molecule has 20 rings (SSSR count). The predicted molar refractivity (Wildman–Crippen MR) is 490 cm³/mol. The van der Waals surface area contributed by atoms with Gasteiger partial charge in [-0.2, -0.15) is 0 Å². The monoisotopic (exact) mass is 1950 g/mol. The number of methoxy groups -OCH3 is 1. The number of phenols is 22. The van der Waals surface area contributed by atoms with Gasteiger partial charge in [0.05, 0.1) is 13.7 Å². The van der Waals surface area contributed by atoms with Gasteiger partial charge in [0.15, 0.2) is 134 Å². The number of hydrogen-bond acceptors (Lipinski definition) is 42. The molecule has 0 saturated heterocycles. The number of carbonyl (C=O) groups excluding carboxylic acids is 3. The number of benzene rings is 13. The number of aliphatic hydroxyl groups is 4. The maximum absolute atomic E-state index is 12.7. The highest BCUT2D eigenvalue weighted by Crippen LogP contribution is 2.51. The fraction of sp³-hybridized carbons (Fsp3) is 0.100. The Bertz CT molecular complexity index is 7790. The molecule has 728 valence electrons. The first-order chi connectivity index (χ1) is 67.4. The maximum Gasteiger partial charge on any atom is 0.238 e. The summed E-state index contributed by atoms with van der Waals surface area (Å²) in [6, 6.07) is 45.9. The van der Waals surface area contributed by atoms with Gasteiger partial charge in [-0.15, -0.1) is 0 Å². The van der Waals surface area contributed by atoms with E-state index in [9.17, 15) is 167 Å². The van der Waals surface area contributed by atoms with E-state index in [4.69, 9.17) is 41.7 Å². The van der Waals surface area contributed by atoms with Crippen LogP contribution in [0.25, 0.3) is 66.9 Å². The quantitative estimate of drug-likeness (QED) is 0.0597. The summed E-state index contributed by atoms with van der Waals surface area (Å²) in [7, 11) is 1.41. The molecular weight excluding hydrogens is 1870 g/mol. The highest BCUT2D eigenvalue weighted by atomic mass is 16.6. The van der Waals surface area contributed by atoms with E-state index in [0.29, 0.717) is 28.0 Å². The molecule has 2 unspecified atom stereocenters. The van der Waals surface area contributed by atoms with Crippen molar-refractivity contribution in [2.45, 2.75) is 48.8 Å². The van der Waals surface area contributed by atoms with Crippen LogP contribution in [0.1, 0.15) is 77.7 Å². The molecule has 3 aromatic heterocycles. The zero-order valence-electron chi connectivity index (χ0n) is 72.3. The molecule has 13 aromatic carbocycles. The normalized spacial score (nSPS) is 16.7. The van der Waals surface area contributed by atoms with Crippen molar-refractivity contribution >= 4 is 50.3 Å². The van der Waals surface area contributed by atoms with E-state index in [1.807, 2.05) is 0 Å². The molecule has 42 nitrogen and oxygen atoms in total. The number of rotatable bonds is 9. The minimum Gasteiger partial charge on any atom is -0.508 e. The summed E-state index contributed by atoms with van der Waals surface area (Å²) in [6.07, 6.45) is -9.78. The number of ketones is 3. The van der Waals surface area contributed by atoms with Crippen LogP contribution in [0.2, 0.25) is 0 Å². The fourth-order valence-corrected chi connectivity index (χ4v) is 15.3. The molecule has 4 aliphatic heterocycles. The molecule has 0 radical (unpaired) electrons. The van der Waals surface area contributed by atoms with Gasteiger partial charge in [0.25, 0.3) is 0 Å². The van der Waals surface area contributed by atoms with Crippen LogP contribution in [0, 0.1) is 0 Å². The van der Waals surface area contributed by atoms with E-state index in [1.165, 1.54) is 98.1 Å². The number of aliphatic hydroxyl groups excluding tert-OH is 4. The van der Waals surface area contributed by atoms with Gasteiger partial charge < -0.3 is 180 Å². The Morgan fingerprint density at radius 2 is 0.606 bits per heavy atom. The van der Waals surface area contributed by atoms with Crippen molar-refractivity contribution in [1.29, 1.82) is 0 Å². The van der Waals surface area contributed by atoms with Crippen LogP contribution in [0.5, 0.6) is 167 Å². The first-order valence-corrected chi connectivity index (χ1v) is 41.3. The lowest BCUT2D eigenvalue weighted by Gasteiger charge is -2.35. The standard InChI is InChI=1S/C25H22O10.2C15H12O7.C15H10O7.C15H10O6.C15H10O5/c1-32-17-6-11(2-4-14(17)28)24-20(10-26)33-16-5-3-12(7-18(16)34-24)25-23(31)22(30)21-15(29)8-13(27)9-19(21)35-25;3*16-7-4-10(19)12-11(5-7)22-15(14(21)13(12)20)6-1-2-8(17)9(18)3-6;16-8-4-11(19)15-12(20)6-13(21-14(15)5-8)7-1-2-9(17)10(18)3-7;16-9-3-1-8(2-4-9)13-7-12(19)15-11(18)5-10(17)6-14(15)20-13/h2-9,20,23-29,31H,10H2,1H3;2*1-5,14-19,21H;1-5,16-19,21H;1-6,16-19H;1-7,16-18H/t20-,23+,24-,25?;14-,15?;14-,15+;;;/m101.../s1. The van der Waals surface area contributed by atoms with Crippen molar-refractivity contribution in [1.82, 2.24) is 0 Å². The van der Waals surface area contributed by atoms with E-state index in [2.05, 4.69) is 0 Å². The summed E-state index contributed by atoms with van der Waals surface area (Å²) in [4.78, 5) is 73.3. The lowest BCUT2D eigenvalue weighted by Crippen LogP contribution is -2.37. The van der Waals surface area contributed by atoms with Crippen LogP contribution in [0.4, 0.5) is 0 Å². The predicted octanol–water partition coefficient (Wildman–Crippen LogP) is 11.6. The van der Waals surface area contributed by atoms with Crippen LogP contribution in [-0.2, 0) is 0 Å². The Hall–Kier alpha value is -19.5. The molecule has 0 spiro atoms. The molecule has 27 N–H and O–H groups in total. The molecular formula is C100H76O42. The van der Waals surface area contributed by atoms with E-state index < -0.39 is 128 Å². The number of Topliss-reactive ketones (excluding diaryl/α,β-unsaturated/α-hetero) is 3. The minimum atomic E-state index is -1.62. The van der Waals surface area contributed by atoms with Gasteiger partial charge in [0, 0.05) is 107 Å². The number of aromatic hydroxyl groups is 23. The lowest BCUT2D eigenvalue weighted by molar-refractivity contribution is -0.0130. The second kappa shape index (κ2) is 39.1. The average Bonchev–Trinajstić information content (AvgIpc) is 0.731. The van der Waals surface area contributed by atoms with Crippen LogP contribution in [-0.4, -0.2) is 193 Å². The largest absolute Gasteiger partial charge is 0.508 e. The van der Waals surface area contributed by atoms with E-state index in [0.717, 1.165) is 84.9 Å². The fourth-order valence-electron chi connectivity index (χ4n) is 15.3. The number of phenolic OH excluding ortho intramolecular Hbond substituents is 22.